The second kappa shape index (κ2) is 5.13. The van der Waals surface area contributed by atoms with Crippen molar-refractivity contribution in [1.82, 2.24) is 20.4 Å². The van der Waals surface area contributed by atoms with Gasteiger partial charge in [-0.1, -0.05) is 16.5 Å². The van der Waals surface area contributed by atoms with Gasteiger partial charge in [-0.2, -0.15) is 4.98 Å². The van der Waals surface area contributed by atoms with Gasteiger partial charge in [0, 0.05) is 19.9 Å². The Labute approximate surface area is 107 Å². The first kappa shape index (κ1) is 12.5. The lowest BCUT2D eigenvalue weighted by molar-refractivity contribution is 0.0957. The van der Waals surface area contributed by atoms with E-state index in [9.17, 15) is 4.79 Å². The number of aryl methyl sites for hydroxylation is 2. The third-order valence-corrected chi connectivity index (χ3v) is 3.21. The average Bonchev–Trinajstić information content (AvgIpc) is 2.85. The SMILES string of the molecule is Cc1nc(CCNC(=O)c2sc(N)nc2C)no1. The molecule has 2 rings (SSSR count). The van der Waals surface area contributed by atoms with Crippen LogP contribution in [0.4, 0.5) is 5.13 Å². The number of carbonyl (C=O) groups is 1. The molecule has 7 nitrogen and oxygen atoms in total. The number of nitrogen functional groups attached to an aromatic ring is 1. The molecule has 0 aliphatic rings. The van der Waals surface area contributed by atoms with Crippen molar-refractivity contribution in [2.45, 2.75) is 20.3 Å². The molecule has 0 unspecified atom stereocenters. The van der Waals surface area contributed by atoms with Gasteiger partial charge < -0.3 is 15.6 Å². The van der Waals surface area contributed by atoms with Crippen LogP contribution in [0.15, 0.2) is 4.52 Å². The molecular weight excluding hydrogens is 254 g/mol. The van der Waals surface area contributed by atoms with Gasteiger partial charge >= 0.3 is 0 Å². The molecule has 18 heavy (non-hydrogen) atoms. The van der Waals surface area contributed by atoms with Crippen LogP contribution in [0.3, 0.4) is 0 Å². The number of hydrogen-bond donors (Lipinski definition) is 2. The fourth-order valence-corrected chi connectivity index (χ4v) is 2.19. The minimum absolute atomic E-state index is 0.179. The molecule has 2 heterocycles. The first-order valence-corrected chi connectivity index (χ1v) is 6.18. The van der Waals surface area contributed by atoms with Gasteiger partial charge in [0.2, 0.25) is 5.89 Å². The number of rotatable bonds is 4. The molecule has 2 aromatic heterocycles. The Balaban J connectivity index is 1.87. The zero-order valence-corrected chi connectivity index (χ0v) is 10.9. The van der Waals surface area contributed by atoms with Crippen LogP contribution in [-0.4, -0.2) is 27.6 Å². The van der Waals surface area contributed by atoms with Crippen molar-refractivity contribution in [3.63, 3.8) is 0 Å². The van der Waals surface area contributed by atoms with Crippen LogP contribution in [0.5, 0.6) is 0 Å². The van der Waals surface area contributed by atoms with E-state index in [0.717, 1.165) is 0 Å². The Kier molecular flexibility index (Phi) is 3.56. The highest BCUT2D eigenvalue weighted by Crippen LogP contribution is 2.19. The number of amides is 1. The van der Waals surface area contributed by atoms with Crippen LogP contribution >= 0.6 is 11.3 Å². The summed E-state index contributed by atoms with van der Waals surface area (Å²) in [5.74, 6) is 0.914. The third-order valence-electron chi connectivity index (χ3n) is 2.22. The molecule has 8 heteroatoms. The molecule has 1 amide bonds. The van der Waals surface area contributed by atoms with E-state index in [1.54, 1.807) is 13.8 Å². The highest BCUT2D eigenvalue weighted by atomic mass is 32.1. The zero-order chi connectivity index (χ0) is 13.1. The van der Waals surface area contributed by atoms with Crippen molar-refractivity contribution < 1.29 is 9.32 Å². The average molecular weight is 267 g/mol. The number of carbonyl (C=O) groups excluding carboxylic acids is 1. The van der Waals surface area contributed by atoms with Crippen molar-refractivity contribution in [3.8, 4) is 0 Å². The van der Waals surface area contributed by atoms with Crippen LogP contribution in [0.1, 0.15) is 27.1 Å². The van der Waals surface area contributed by atoms with E-state index >= 15 is 0 Å². The largest absolute Gasteiger partial charge is 0.375 e. The summed E-state index contributed by atoms with van der Waals surface area (Å²) >= 11 is 1.18. The molecule has 96 valence electrons. The quantitative estimate of drug-likeness (QED) is 0.844. The minimum atomic E-state index is -0.179. The van der Waals surface area contributed by atoms with Gasteiger partial charge in [-0.15, -0.1) is 0 Å². The lowest BCUT2D eigenvalue weighted by Crippen LogP contribution is -2.25. The second-order valence-electron chi connectivity index (χ2n) is 3.70. The van der Waals surface area contributed by atoms with Crippen LogP contribution in [0, 0.1) is 13.8 Å². The van der Waals surface area contributed by atoms with E-state index < -0.39 is 0 Å². The lowest BCUT2D eigenvalue weighted by Gasteiger charge is -2.01. The van der Waals surface area contributed by atoms with Crippen molar-refractivity contribution in [1.29, 1.82) is 0 Å². The Morgan fingerprint density at radius 1 is 1.44 bits per heavy atom. The van der Waals surface area contributed by atoms with Gasteiger partial charge in [0.05, 0.1) is 5.69 Å². The summed E-state index contributed by atoms with van der Waals surface area (Å²) in [6.07, 6.45) is 0.524. The van der Waals surface area contributed by atoms with Gasteiger partial charge in [-0.25, -0.2) is 4.98 Å². The van der Waals surface area contributed by atoms with Gasteiger partial charge in [-0.3, -0.25) is 4.79 Å². The fraction of sp³-hybridized carbons (Fsp3) is 0.400. The fourth-order valence-electron chi connectivity index (χ4n) is 1.44. The topological polar surface area (TPSA) is 107 Å². The molecule has 0 aliphatic carbocycles. The van der Waals surface area contributed by atoms with Crippen LogP contribution in [0.2, 0.25) is 0 Å². The van der Waals surface area contributed by atoms with Crippen LogP contribution < -0.4 is 11.1 Å². The van der Waals surface area contributed by atoms with Gasteiger partial charge in [0.15, 0.2) is 11.0 Å². The van der Waals surface area contributed by atoms with Crippen molar-refractivity contribution in [2.24, 2.45) is 0 Å². The number of nitrogens with zero attached hydrogens (tertiary/aromatic N) is 3. The number of thiazole rings is 1. The highest BCUT2D eigenvalue weighted by Gasteiger charge is 2.13. The van der Waals surface area contributed by atoms with Crippen LogP contribution in [0.25, 0.3) is 0 Å². The number of nitrogens with one attached hydrogen (secondary N) is 1. The smallest absolute Gasteiger partial charge is 0.263 e. The van der Waals surface area contributed by atoms with E-state index in [2.05, 4.69) is 20.4 Å². The predicted molar refractivity (Wildman–Crippen MR) is 66.3 cm³/mol. The maximum Gasteiger partial charge on any atom is 0.263 e. The van der Waals surface area contributed by atoms with Gasteiger partial charge in [-0.05, 0) is 6.92 Å². The maximum atomic E-state index is 11.8. The predicted octanol–water partition coefficient (Wildman–Crippen LogP) is 0.698. The summed E-state index contributed by atoms with van der Waals surface area (Å²) in [6, 6.07) is 0. The van der Waals surface area contributed by atoms with Gasteiger partial charge in [0.25, 0.3) is 5.91 Å². The molecule has 2 aromatic rings. The molecule has 3 N–H and O–H groups in total. The standard InChI is InChI=1S/C10H13N5O2S/c1-5-8(18-10(11)13-5)9(16)12-4-3-7-14-6(2)17-15-7/h3-4H2,1-2H3,(H2,11,13)(H,12,16). The molecule has 0 radical (unpaired) electrons. The molecule has 0 bridgehead atoms. The van der Waals surface area contributed by atoms with E-state index in [1.807, 2.05) is 0 Å². The molecular formula is C10H13N5O2S. The van der Waals surface area contributed by atoms with E-state index in [-0.39, 0.29) is 5.91 Å². The molecule has 0 saturated carbocycles. The molecule has 0 atom stereocenters. The normalized spacial score (nSPS) is 10.6. The summed E-state index contributed by atoms with van der Waals surface area (Å²) < 4.78 is 4.83. The lowest BCUT2D eigenvalue weighted by atomic mass is 10.3. The minimum Gasteiger partial charge on any atom is -0.375 e. The Bertz CT molecular complexity index is 562. The Hall–Kier alpha value is -1.96. The number of hydrogen-bond acceptors (Lipinski definition) is 7. The van der Waals surface area contributed by atoms with E-state index in [1.165, 1.54) is 11.3 Å². The summed E-state index contributed by atoms with van der Waals surface area (Å²) in [5, 5.41) is 6.90. The first-order chi connectivity index (χ1) is 8.56. The van der Waals surface area contributed by atoms with Crippen molar-refractivity contribution in [2.75, 3.05) is 12.3 Å². The number of anilines is 1. The molecule has 0 aromatic carbocycles. The molecule has 0 aliphatic heterocycles. The number of nitrogens with two attached hydrogens (primary N) is 1. The van der Waals surface area contributed by atoms with Crippen molar-refractivity contribution in [3.05, 3.63) is 22.3 Å². The Morgan fingerprint density at radius 2 is 2.22 bits per heavy atom. The van der Waals surface area contributed by atoms with Gasteiger partial charge in [0.1, 0.15) is 4.88 Å². The monoisotopic (exact) mass is 267 g/mol. The summed E-state index contributed by atoms with van der Waals surface area (Å²) in [4.78, 5) is 20.4. The van der Waals surface area contributed by atoms with E-state index in [4.69, 9.17) is 10.3 Å². The van der Waals surface area contributed by atoms with E-state index in [0.29, 0.717) is 40.4 Å². The zero-order valence-electron chi connectivity index (χ0n) is 10.1. The maximum absolute atomic E-state index is 11.8. The third kappa shape index (κ3) is 2.83. The Morgan fingerprint density at radius 3 is 2.78 bits per heavy atom. The molecule has 0 spiro atoms. The first-order valence-electron chi connectivity index (χ1n) is 5.36. The molecule has 0 fully saturated rings. The summed E-state index contributed by atoms with van der Waals surface area (Å²) in [7, 11) is 0. The van der Waals surface area contributed by atoms with Crippen LogP contribution in [-0.2, 0) is 6.42 Å². The summed E-state index contributed by atoms with van der Waals surface area (Å²) in [5.41, 5.74) is 6.18. The second-order valence-corrected chi connectivity index (χ2v) is 4.73. The highest BCUT2D eigenvalue weighted by molar-refractivity contribution is 7.17. The number of aromatic nitrogens is 3. The van der Waals surface area contributed by atoms with Crippen molar-refractivity contribution >= 4 is 22.4 Å². The molecule has 0 saturated heterocycles. The summed E-state index contributed by atoms with van der Waals surface area (Å²) in [6.45, 7) is 3.91.